The molecule has 0 unspecified atom stereocenters. The molecule has 0 N–H and O–H groups in total. The minimum absolute atomic E-state index is 0. The quantitative estimate of drug-likeness (QED) is 0.295. The van der Waals surface area contributed by atoms with Crippen molar-refractivity contribution in [1.82, 2.24) is 0 Å². The Morgan fingerprint density at radius 1 is 1.38 bits per heavy atom. The smallest absolute Gasteiger partial charge is 0.542 e. The molecule has 0 aromatic heterocycles. The molecule has 0 heterocycles. The molecule has 0 aliphatic heterocycles. The van der Waals surface area contributed by atoms with Crippen molar-refractivity contribution in [2.24, 2.45) is 5.41 Å². The molecule has 0 amide bonds. The van der Waals surface area contributed by atoms with E-state index in [1.54, 1.807) is 0 Å². The first kappa shape index (κ1) is 11.1. The van der Waals surface area contributed by atoms with Crippen LogP contribution in [0.1, 0.15) is 27.2 Å². The first-order valence-corrected chi connectivity index (χ1v) is 2.41. The Hall–Kier alpha value is 0.267. The van der Waals surface area contributed by atoms with Crippen LogP contribution < -0.4 is 18.9 Å². The molecule has 0 saturated heterocycles. The van der Waals surface area contributed by atoms with E-state index in [0.717, 1.165) is 0 Å². The topological polar surface area (TPSA) is 17.1 Å². The van der Waals surface area contributed by atoms with Gasteiger partial charge >= 0.3 is 18.9 Å². The Labute approximate surface area is 63.0 Å². The molecule has 8 heavy (non-hydrogen) atoms. The summed E-state index contributed by atoms with van der Waals surface area (Å²) in [7, 11) is 0. The maximum atomic E-state index is 9.70. The van der Waals surface area contributed by atoms with Crippen molar-refractivity contribution in [2.75, 3.05) is 0 Å². The van der Waals surface area contributed by atoms with E-state index in [1.165, 1.54) is 0 Å². The predicted octanol–water partition coefficient (Wildman–Crippen LogP) is -1.46. The number of hydrogen-bond donors (Lipinski definition) is 0. The fourth-order valence-electron chi connectivity index (χ4n) is 0.217. The monoisotopic (exact) mass is 106 g/mol. The molecular formula is C6H11LiO. The Balaban J connectivity index is 0. The fraction of sp³-hybridized carbons (Fsp3) is 0.833. The normalized spacial score (nSPS) is 9.88. The van der Waals surface area contributed by atoms with E-state index < -0.39 is 0 Å². The van der Waals surface area contributed by atoms with Gasteiger partial charge in [-0.1, -0.05) is 26.2 Å². The molecule has 0 saturated carbocycles. The number of rotatable bonds is 1. The van der Waals surface area contributed by atoms with E-state index in [2.05, 4.69) is 0 Å². The molecule has 42 valence electrons. The van der Waals surface area contributed by atoms with Gasteiger partial charge in [0.05, 0.1) is 0 Å². The van der Waals surface area contributed by atoms with Gasteiger partial charge in [0, 0.05) is 0 Å². The molecule has 0 atom stereocenters. The zero-order valence-electron chi connectivity index (χ0n) is 6.12. The SMILES string of the molecule is CC(C)(C)C[C-]=O.[Li+]. The van der Waals surface area contributed by atoms with Gasteiger partial charge in [0.2, 0.25) is 0 Å². The zero-order chi connectivity index (χ0) is 5.91. The molecule has 0 bridgehead atoms. The third kappa shape index (κ3) is 9.55. The Bertz CT molecular complexity index is 63.4. The third-order valence-corrected chi connectivity index (χ3v) is 0.602. The van der Waals surface area contributed by atoms with Gasteiger partial charge in [-0.3, -0.25) is 6.29 Å². The standard InChI is InChI=1S/C6H11O.Li/c1-6(2,3)4-5-7;/h4H2,1-3H3;/q-1;+1. The van der Waals surface area contributed by atoms with Crippen LogP contribution in [0.3, 0.4) is 0 Å². The number of hydrogen-bond acceptors (Lipinski definition) is 1. The van der Waals surface area contributed by atoms with Crippen molar-refractivity contribution in [3.05, 3.63) is 0 Å². The Kier molecular flexibility index (Phi) is 5.80. The molecule has 0 radical (unpaired) electrons. The fourth-order valence-corrected chi connectivity index (χ4v) is 0.217. The predicted molar refractivity (Wildman–Crippen MR) is 29.8 cm³/mol. The van der Waals surface area contributed by atoms with E-state index in [0.29, 0.717) is 6.42 Å². The molecule has 0 fully saturated rings. The van der Waals surface area contributed by atoms with Gasteiger partial charge in [-0.25, -0.2) is 0 Å². The van der Waals surface area contributed by atoms with E-state index in [1.807, 2.05) is 27.1 Å². The maximum absolute atomic E-state index is 9.70. The molecule has 0 spiro atoms. The van der Waals surface area contributed by atoms with Crippen molar-refractivity contribution < 1.29 is 23.7 Å². The summed E-state index contributed by atoms with van der Waals surface area (Å²) >= 11 is 0. The first-order valence-electron chi connectivity index (χ1n) is 2.41. The van der Waals surface area contributed by atoms with Gasteiger partial charge in [0.15, 0.2) is 0 Å². The van der Waals surface area contributed by atoms with Crippen LogP contribution in [-0.2, 0) is 4.79 Å². The second-order valence-electron chi connectivity index (χ2n) is 2.88. The van der Waals surface area contributed by atoms with Crippen LogP contribution in [0.25, 0.3) is 0 Å². The summed E-state index contributed by atoms with van der Waals surface area (Å²) in [6.07, 6.45) is 2.39. The summed E-state index contributed by atoms with van der Waals surface area (Å²) in [5.74, 6) is 0. The van der Waals surface area contributed by atoms with E-state index >= 15 is 0 Å². The molecule has 0 rings (SSSR count). The van der Waals surface area contributed by atoms with Crippen LogP contribution in [-0.4, -0.2) is 6.29 Å². The van der Waals surface area contributed by atoms with E-state index in [-0.39, 0.29) is 24.3 Å². The van der Waals surface area contributed by atoms with Gasteiger partial charge in [0.1, 0.15) is 0 Å². The zero-order valence-corrected chi connectivity index (χ0v) is 6.12. The van der Waals surface area contributed by atoms with Crippen LogP contribution in [0.5, 0.6) is 0 Å². The maximum Gasteiger partial charge on any atom is 1.00 e. The minimum atomic E-state index is 0. The summed E-state index contributed by atoms with van der Waals surface area (Å²) < 4.78 is 0. The van der Waals surface area contributed by atoms with Crippen LogP contribution in [0, 0.1) is 5.41 Å². The third-order valence-electron chi connectivity index (χ3n) is 0.602. The molecule has 0 aromatic rings. The summed E-state index contributed by atoms with van der Waals surface area (Å²) in [5, 5.41) is 0. The van der Waals surface area contributed by atoms with Crippen molar-refractivity contribution >= 4 is 6.29 Å². The Morgan fingerprint density at radius 2 is 1.75 bits per heavy atom. The van der Waals surface area contributed by atoms with Crippen LogP contribution in [0.15, 0.2) is 0 Å². The van der Waals surface area contributed by atoms with Crippen molar-refractivity contribution in [3.63, 3.8) is 0 Å². The van der Waals surface area contributed by atoms with Gasteiger partial charge in [-0.05, 0) is 0 Å². The summed E-state index contributed by atoms with van der Waals surface area (Å²) in [5.41, 5.74) is 0.127. The summed E-state index contributed by atoms with van der Waals surface area (Å²) in [6, 6.07) is 0. The molecule has 1 nitrogen and oxygen atoms in total. The van der Waals surface area contributed by atoms with E-state index in [9.17, 15) is 4.79 Å². The minimum Gasteiger partial charge on any atom is -0.542 e. The largest absolute Gasteiger partial charge is 1.00 e. The molecule has 0 aliphatic rings. The van der Waals surface area contributed by atoms with Crippen molar-refractivity contribution in [3.8, 4) is 0 Å². The molecule has 0 aromatic carbocycles. The van der Waals surface area contributed by atoms with Gasteiger partial charge < -0.3 is 4.79 Å². The first-order chi connectivity index (χ1) is 3.06. The van der Waals surface area contributed by atoms with Crippen molar-refractivity contribution in [1.29, 1.82) is 0 Å². The van der Waals surface area contributed by atoms with Gasteiger partial charge in [-0.15, -0.1) is 6.42 Å². The molecule has 0 aliphatic carbocycles. The second kappa shape index (κ2) is 4.18. The van der Waals surface area contributed by atoms with Gasteiger partial charge in [0.25, 0.3) is 0 Å². The second-order valence-corrected chi connectivity index (χ2v) is 2.88. The van der Waals surface area contributed by atoms with E-state index in [4.69, 9.17) is 0 Å². The van der Waals surface area contributed by atoms with Crippen LogP contribution in [0.4, 0.5) is 0 Å². The molecule has 2 heteroatoms. The summed E-state index contributed by atoms with van der Waals surface area (Å²) in [4.78, 5) is 9.70. The molecular weight excluding hydrogens is 95.0 g/mol. The Morgan fingerprint density at radius 3 is 1.75 bits per heavy atom. The van der Waals surface area contributed by atoms with Crippen molar-refractivity contribution in [2.45, 2.75) is 27.2 Å². The van der Waals surface area contributed by atoms with Crippen LogP contribution >= 0.6 is 0 Å². The average molecular weight is 106 g/mol. The number of carbonyl (C=O) groups excluding carboxylic acids is 1. The average Bonchev–Trinajstić information content (AvgIpc) is 1.30. The van der Waals surface area contributed by atoms with Gasteiger partial charge in [-0.2, -0.15) is 0 Å². The van der Waals surface area contributed by atoms with Crippen LogP contribution in [0.2, 0.25) is 0 Å². The summed E-state index contributed by atoms with van der Waals surface area (Å²) in [6.45, 7) is 6.04.